The molecule has 6 rings (SSSR count). The van der Waals surface area contributed by atoms with Crippen molar-refractivity contribution in [1.29, 1.82) is 0 Å². The average molecular weight is 501 g/mol. The monoisotopic (exact) mass is 500 g/mol. The van der Waals surface area contributed by atoms with Crippen LogP contribution in [0.5, 0.6) is 0 Å². The molecule has 5 aromatic rings. The van der Waals surface area contributed by atoms with E-state index in [9.17, 15) is 4.79 Å². The molecule has 1 unspecified atom stereocenters. The highest BCUT2D eigenvalue weighted by molar-refractivity contribution is 7.15. The molecule has 9 heteroatoms. The summed E-state index contributed by atoms with van der Waals surface area (Å²) >= 11 is 8.30. The Hall–Kier alpha value is -3.75. The Morgan fingerprint density at radius 2 is 1.86 bits per heavy atom. The molecule has 3 aromatic heterocycles. The van der Waals surface area contributed by atoms with Gasteiger partial charge < -0.3 is 10.3 Å². The zero-order valence-electron chi connectivity index (χ0n) is 19.3. The van der Waals surface area contributed by atoms with Crippen LogP contribution in [0.15, 0.2) is 59.6 Å². The molecule has 7 nitrogen and oxygen atoms in total. The van der Waals surface area contributed by atoms with Crippen molar-refractivity contribution >= 4 is 45.5 Å². The van der Waals surface area contributed by atoms with E-state index in [1.54, 1.807) is 11.3 Å². The van der Waals surface area contributed by atoms with Gasteiger partial charge in [-0.2, -0.15) is 0 Å². The summed E-state index contributed by atoms with van der Waals surface area (Å²) in [6.45, 7) is 6.08. The normalized spacial score (nSPS) is 14.9. The third-order valence-electron chi connectivity index (χ3n) is 6.33. The van der Waals surface area contributed by atoms with E-state index >= 15 is 0 Å². The van der Waals surface area contributed by atoms with Gasteiger partial charge in [-0.3, -0.25) is 14.4 Å². The maximum atomic E-state index is 13.4. The van der Waals surface area contributed by atoms with Crippen LogP contribution in [-0.2, 0) is 0 Å². The van der Waals surface area contributed by atoms with E-state index in [4.69, 9.17) is 16.6 Å². The second kappa shape index (κ2) is 8.18. The highest BCUT2D eigenvalue weighted by Gasteiger charge is 2.33. The molecule has 174 valence electrons. The third kappa shape index (κ3) is 3.48. The standard InChI is InChI=1S/C26H21ClN6OS/c1-13-14(2)35-26-21(13)22(17-9-5-6-10-18(17)27)29-23(24-32-31-15(3)33(24)26)30-25(34)20-12-16-8-4-7-11-19(16)28-20/h4-12,23,28H,1-3H3,(H,30,34). The second-order valence-corrected chi connectivity index (χ2v) is 10.1. The number of fused-ring (bicyclic) bond motifs is 4. The number of nitrogens with one attached hydrogen (secondary N) is 2. The van der Waals surface area contributed by atoms with Gasteiger partial charge in [-0.1, -0.05) is 48.0 Å². The maximum Gasteiger partial charge on any atom is 0.269 e. The number of halogens is 1. The number of benzene rings is 2. The van der Waals surface area contributed by atoms with Gasteiger partial charge in [0.2, 0.25) is 0 Å². The van der Waals surface area contributed by atoms with E-state index in [0.717, 1.165) is 44.1 Å². The van der Waals surface area contributed by atoms with Crippen molar-refractivity contribution in [2.24, 2.45) is 4.99 Å². The summed E-state index contributed by atoms with van der Waals surface area (Å²) in [5.74, 6) is 0.998. The molecule has 1 aliphatic heterocycles. The number of carbonyl (C=O) groups excluding carboxylic acids is 1. The third-order valence-corrected chi connectivity index (χ3v) is 7.85. The topological polar surface area (TPSA) is 88.0 Å². The molecule has 0 spiro atoms. The average Bonchev–Trinajstić information content (AvgIpc) is 3.50. The molecule has 1 atom stereocenters. The van der Waals surface area contributed by atoms with Gasteiger partial charge in [0.15, 0.2) is 12.0 Å². The molecule has 1 aliphatic rings. The number of aromatic nitrogens is 4. The van der Waals surface area contributed by atoms with Crippen LogP contribution in [0.3, 0.4) is 0 Å². The number of hydrogen-bond donors (Lipinski definition) is 2. The van der Waals surface area contributed by atoms with Crippen molar-refractivity contribution in [3.8, 4) is 5.00 Å². The SMILES string of the molecule is Cc1sc2c(c1C)C(c1ccccc1Cl)=NC(NC(=O)c1cc3ccccc3[nH]1)c1nnc(C)n1-2. The van der Waals surface area contributed by atoms with Gasteiger partial charge in [0, 0.05) is 31.9 Å². The van der Waals surface area contributed by atoms with Gasteiger partial charge in [-0.25, -0.2) is 0 Å². The molecule has 4 heterocycles. The Balaban J connectivity index is 1.53. The smallest absolute Gasteiger partial charge is 0.269 e. The van der Waals surface area contributed by atoms with E-state index in [1.165, 1.54) is 4.88 Å². The summed E-state index contributed by atoms with van der Waals surface area (Å²) in [6, 6.07) is 17.2. The molecule has 0 bridgehead atoms. The Morgan fingerprint density at radius 3 is 2.66 bits per heavy atom. The van der Waals surface area contributed by atoms with Crippen LogP contribution in [0, 0.1) is 20.8 Å². The zero-order chi connectivity index (χ0) is 24.3. The first-order chi connectivity index (χ1) is 16.9. The number of H-pyrrole nitrogens is 1. The van der Waals surface area contributed by atoms with Crippen molar-refractivity contribution in [3.63, 3.8) is 0 Å². The Kier molecular flexibility index (Phi) is 5.09. The van der Waals surface area contributed by atoms with Gasteiger partial charge in [-0.05, 0) is 44.5 Å². The van der Waals surface area contributed by atoms with Gasteiger partial charge >= 0.3 is 0 Å². The lowest BCUT2D eigenvalue weighted by Gasteiger charge is -2.14. The fraction of sp³-hybridized carbons (Fsp3) is 0.154. The summed E-state index contributed by atoms with van der Waals surface area (Å²) in [5.41, 5.74) is 4.97. The number of rotatable bonds is 3. The first-order valence-electron chi connectivity index (χ1n) is 11.2. The lowest BCUT2D eigenvalue weighted by Crippen LogP contribution is -2.29. The molecule has 35 heavy (non-hydrogen) atoms. The van der Waals surface area contributed by atoms with E-state index in [-0.39, 0.29) is 5.91 Å². The van der Waals surface area contributed by atoms with Crippen LogP contribution < -0.4 is 5.32 Å². The van der Waals surface area contributed by atoms with Crippen molar-refractivity contribution in [2.75, 3.05) is 0 Å². The first-order valence-corrected chi connectivity index (χ1v) is 12.4. The minimum absolute atomic E-state index is 0.279. The highest BCUT2D eigenvalue weighted by Crippen LogP contribution is 2.39. The molecule has 2 aromatic carbocycles. The lowest BCUT2D eigenvalue weighted by atomic mass is 10.00. The summed E-state index contributed by atoms with van der Waals surface area (Å²) in [7, 11) is 0. The molecular weight excluding hydrogens is 480 g/mol. The van der Waals surface area contributed by atoms with Crippen LogP contribution in [-0.4, -0.2) is 31.4 Å². The summed E-state index contributed by atoms with van der Waals surface area (Å²) < 4.78 is 1.99. The number of hydrogen-bond acceptors (Lipinski definition) is 5. The van der Waals surface area contributed by atoms with Crippen LogP contribution >= 0.6 is 22.9 Å². The molecule has 0 fully saturated rings. The number of carbonyl (C=O) groups is 1. The first kappa shape index (κ1) is 21.8. The number of aromatic amines is 1. The van der Waals surface area contributed by atoms with Crippen molar-refractivity contribution < 1.29 is 4.79 Å². The minimum atomic E-state index is -0.763. The van der Waals surface area contributed by atoms with Crippen LogP contribution in [0.1, 0.15) is 49.9 Å². The van der Waals surface area contributed by atoms with E-state index in [2.05, 4.69) is 34.3 Å². The van der Waals surface area contributed by atoms with Gasteiger partial charge in [0.05, 0.1) is 5.71 Å². The number of aliphatic imine (C=N–C) groups is 1. The highest BCUT2D eigenvalue weighted by atomic mass is 35.5. The summed E-state index contributed by atoms with van der Waals surface area (Å²) in [6.07, 6.45) is -0.763. The fourth-order valence-electron chi connectivity index (χ4n) is 4.46. The molecular formula is C26H21ClN6OS. The molecule has 0 aliphatic carbocycles. The quantitative estimate of drug-likeness (QED) is 0.334. The summed E-state index contributed by atoms with van der Waals surface area (Å²) in [4.78, 5) is 22.8. The van der Waals surface area contributed by atoms with E-state index in [1.807, 2.05) is 66.1 Å². The Morgan fingerprint density at radius 1 is 1.09 bits per heavy atom. The van der Waals surface area contributed by atoms with E-state index < -0.39 is 6.17 Å². The number of thiophene rings is 1. The maximum absolute atomic E-state index is 13.4. The molecule has 2 N–H and O–H groups in total. The lowest BCUT2D eigenvalue weighted by molar-refractivity contribution is 0.0932. The fourth-order valence-corrected chi connectivity index (χ4v) is 5.89. The van der Waals surface area contributed by atoms with Crippen LogP contribution in [0.4, 0.5) is 0 Å². The zero-order valence-corrected chi connectivity index (χ0v) is 20.8. The van der Waals surface area contributed by atoms with Crippen molar-refractivity contribution in [2.45, 2.75) is 26.9 Å². The number of nitrogens with zero attached hydrogens (tertiary/aromatic N) is 4. The Labute approximate surface area is 210 Å². The molecule has 1 amide bonds. The Bertz CT molecular complexity index is 1630. The predicted octanol–water partition coefficient (Wildman–Crippen LogP) is 5.67. The molecule has 0 saturated heterocycles. The summed E-state index contributed by atoms with van der Waals surface area (Å²) in [5, 5.41) is 14.3. The van der Waals surface area contributed by atoms with Crippen molar-refractivity contribution in [3.05, 3.63) is 98.5 Å². The molecule has 0 radical (unpaired) electrons. The van der Waals surface area contributed by atoms with Gasteiger partial charge in [-0.15, -0.1) is 21.5 Å². The number of amides is 1. The van der Waals surface area contributed by atoms with Crippen LogP contribution in [0.25, 0.3) is 15.9 Å². The molecule has 0 saturated carbocycles. The number of para-hydroxylation sites is 1. The van der Waals surface area contributed by atoms with E-state index in [0.29, 0.717) is 16.5 Å². The van der Waals surface area contributed by atoms with Crippen LogP contribution in [0.2, 0.25) is 5.02 Å². The second-order valence-electron chi connectivity index (χ2n) is 8.51. The van der Waals surface area contributed by atoms with Gasteiger partial charge in [0.25, 0.3) is 5.91 Å². The largest absolute Gasteiger partial charge is 0.351 e. The van der Waals surface area contributed by atoms with Gasteiger partial charge in [0.1, 0.15) is 16.5 Å². The minimum Gasteiger partial charge on any atom is -0.351 e. The van der Waals surface area contributed by atoms with Crippen molar-refractivity contribution in [1.82, 2.24) is 25.1 Å². The number of aryl methyl sites for hydroxylation is 2. The predicted molar refractivity (Wildman–Crippen MR) is 139 cm³/mol.